The van der Waals surface area contributed by atoms with Crippen LogP contribution in [0.2, 0.25) is 0 Å². The van der Waals surface area contributed by atoms with Crippen molar-refractivity contribution in [3.63, 3.8) is 0 Å². The fourth-order valence-corrected chi connectivity index (χ4v) is 12.6. The van der Waals surface area contributed by atoms with Gasteiger partial charge in [0, 0.05) is 6.20 Å². The van der Waals surface area contributed by atoms with Crippen LogP contribution in [-0.2, 0) is 36.3 Å². The fraction of sp³-hybridized carbons (Fsp3) is 0.237. The van der Waals surface area contributed by atoms with E-state index in [1.807, 2.05) is 72.8 Å². The molecule has 4 aromatic carbocycles. The van der Waals surface area contributed by atoms with Crippen molar-refractivity contribution in [2.24, 2.45) is 0 Å². The minimum absolute atomic E-state index is 0.0443. The van der Waals surface area contributed by atoms with Crippen molar-refractivity contribution >= 4 is 51.8 Å². The van der Waals surface area contributed by atoms with E-state index in [-0.39, 0.29) is 12.2 Å². The molecule has 240 valence electrons. The number of carbonyl (C=O) groups is 3. The van der Waals surface area contributed by atoms with Gasteiger partial charge in [0.05, 0.1) is 29.1 Å². The Labute approximate surface area is 278 Å². The van der Waals surface area contributed by atoms with Crippen LogP contribution in [0.3, 0.4) is 0 Å². The van der Waals surface area contributed by atoms with Gasteiger partial charge in [-0.2, -0.15) is 0 Å². The Kier molecular flexibility index (Phi) is 9.01. The molecule has 2 aliphatic heterocycles. The summed E-state index contributed by atoms with van der Waals surface area (Å²) in [5.41, 5.74) is -1.46. The van der Waals surface area contributed by atoms with E-state index in [0.717, 1.165) is 27.1 Å². The molecule has 47 heavy (non-hydrogen) atoms. The number of hydrogen-bond acceptors (Lipinski definition) is 5. The number of benzene rings is 4. The van der Waals surface area contributed by atoms with Gasteiger partial charge in [-0.3, -0.25) is 18.7 Å². The molecule has 0 saturated carbocycles. The maximum absolute atomic E-state index is 14.3. The number of hydrogen-bond donors (Lipinski definition) is 1. The molecule has 9 heteroatoms. The van der Waals surface area contributed by atoms with E-state index in [1.165, 1.54) is 4.90 Å². The van der Waals surface area contributed by atoms with Gasteiger partial charge in [-0.25, -0.2) is 4.79 Å². The first-order chi connectivity index (χ1) is 22.5. The van der Waals surface area contributed by atoms with Gasteiger partial charge in [0.1, 0.15) is 28.8 Å². The van der Waals surface area contributed by atoms with Crippen molar-refractivity contribution in [3.05, 3.63) is 139 Å². The lowest BCUT2D eigenvalue weighted by Crippen LogP contribution is -2.84. The summed E-state index contributed by atoms with van der Waals surface area (Å²) in [4.78, 5) is 42.6. The molecule has 3 atom stereocenters. The van der Waals surface area contributed by atoms with E-state index in [0.29, 0.717) is 6.16 Å². The molecule has 1 fully saturated rings. The molecule has 2 unspecified atom stereocenters. The van der Waals surface area contributed by atoms with Crippen molar-refractivity contribution in [1.29, 1.82) is 0 Å². The third-order valence-electron chi connectivity index (χ3n) is 8.39. The normalized spacial score (nSPS) is 20.8. The predicted octanol–water partition coefficient (Wildman–Crippen LogP) is 4.23. The molecule has 6 rings (SSSR count). The Balaban J connectivity index is 1.40. The number of nitrogens with one attached hydrogen (secondary N) is 1. The van der Waals surface area contributed by atoms with Gasteiger partial charge < -0.3 is 10.1 Å². The zero-order valence-corrected chi connectivity index (χ0v) is 28.4. The van der Waals surface area contributed by atoms with Crippen molar-refractivity contribution in [3.8, 4) is 0 Å². The monoisotopic (exact) mass is 665 g/mol. The van der Waals surface area contributed by atoms with Gasteiger partial charge in [-0.15, -0.1) is 0 Å². The van der Waals surface area contributed by atoms with Gasteiger partial charge in [0.25, 0.3) is 11.4 Å². The molecule has 0 radical (unpaired) electrons. The van der Waals surface area contributed by atoms with E-state index >= 15 is 0 Å². The average molecular weight is 666 g/mol. The highest BCUT2D eigenvalue weighted by molar-refractivity contribution is 7.96. The van der Waals surface area contributed by atoms with E-state index in [1.54, 1.807) is 39.1 Å². The van der Waals surface area contributed by atoms with E-state index in [2.05, 4.69) is 41.7 Å². The topological polar surface area (TPSA) is 92.8 Å². The van der Waals surface area contributed by atoms with Crippen molar-refractivity contribution < 1.29 is 23.3 Å². The number of fused-ring (bicyclic) bond motifs is 1. The molecule has 1 N–H and O–H groups in total. The molecule has 2 aliphatic rings. The van der Waals surface area contributed by atoms with Crippen molar-refractivity contribution in [2.45, 2.75) is 43.7 Å². The van der Waals surface area contributed by atoms with Crippen LogP contribution in [0.1, 0.15) is 26.3 Å². The van der Waals surface area contributed by atoms with Crippen LogP contribution in [0.5, 0.6) is 0 Å². The van der Waals surface area contributed by atoms with Crippen LogP contribution in [0, 0.1) is 0 Å². The number of ether oxygens (including phenoxy) is 1. The number of rotatable bonds is 9. The first kappa shape index (κ1) is 32.5. The molecular formula is C38H38N2O5PS+. The summed E-state index contributed by atoms with van der Waals surface area (Å²) < 4.78 is 20.0. The van der Waals surface area contributed by atoms with E-state index < -0.39 is 52.4 Å². The second-order valence-electron chi connectivity index (χ2n) is 12.9. The number of β-lactam (4-membered cyclic amide) rings is 1. The second kappa shape index (κ2) is 13.0. The summed E-state index contributed by atoms with van der Waals surface area (Å²) in [6, 6.07) is 40.1. The van der Waals surface area contributed by atoms with Gasteiger partial charge in [-0.05, 0) is 68.3 Å². The minimum atomic E-state index is -2.33. The van der Waals surface area contributed by atoms with Crippen LogP contribution < -0.4 is 21.2 Å². The van der Waals surface area contributed by atoms with Crippen LogP contribution in [-0.4, -0.2) is 55.3 Å². The SMILES string of the molecule is CC(C)(C)OC(=O)C1(NC(=O)Cc2ccccc2)C(=O)N2C=C(C[P+](c3ccccc3)(c3ccccc3)c3ccccc3)CS(=O)[C@H]21. The molecule has 0 spiro atoms. The Morgan fingerprint density at radius 1 is 0.830 bits per heavy atom. The van der Waals surface area contributed by atoms with E-state index in [4.69, 9.17) is 4.74 Å². The Morgan fingerprint density at radius 3 is 1.77 bits per heavy atom. The fourth-order valence-electron chi connectivity index (χ4n) is 6.42. The summed E-state index contributed by atoms with van der Waals surface area (Å²) in [5, 5.41) is 5.10. The number of carbonyl (C=O) groups excluding carboxylic acids is 3. The number of nitrogens with zero attached hydrogens (tertiary/aromatic N) is 1. The highest BCUT2D eigenvalue weighted by Crippen LogP contribution is 2.57. The lowest BCUT2D eigenvalue weighted by atomic mass is 9.86. The van der Waals surface area contributed by atoms with Crippen LogP contribution >= 0.6 is 7.26 Å². The Bertz CT molecular complexity index is 1730. The molecule has 1 saturated heterocycles. The van der Waals surface area contributed by atoms with Gasteiger partial charge in [0.2, 0.25) is 5.91 Å². The van der Waals surface area contributed by atoms with Gasteiger partial charge in [0.15, 0.2) is 5.37 Å². The lowest BCUT2D eigenvalue weighted by molar-refractivity contribution is -0.180. The summed E-state index contributed by atoms with van der Waals surface area (Å²) >= 11 is 0. The largest absolute Gasteiger partial charge is 0.458 e. The summed E-state index contributed by atoms with van der Waals surface area (Å²) in [6.07, 6.45) is 2.26. The zero-order valence-electron chi connectivity index (χ0n) is 26.7. The third kappa shape index (κ3) is 6.20. The van der Waals surface area contributed by atoms with Crippen LogP contribution in [0.25, 0.3) is 0 Å². The average Bonchev–Trinajstić information content (AvgIpc) is 3.06. The van der Waals surface area contributed by atoms with Crippen LogP contribution in [0.4, 0.5) is 0 Å². The smallest absolute Gasteiger partial charge is 0.345 e. The predicted molar refractivity (Wildman–Crippen MR) is 189 cm³/mol. The van der Waals surface area contributed by atoms with Gasteiger partial charge in [-0.1, -0.05) is 84.9 Å². The first-order valence-electron chi connectivity index (χ1n) is 15.6. The highest BCUT2D eigenvalue weighted by atomic mass is 32.2. The minimum Gasteiger partial charge on any atom is -0.458 e. The van der Waals surface area contributed by atoms with Crippen LogP contribution in [0.15, 0.2) is 133 Å². The standard InChI is InChI=1S/C38H37N2O5PS/c1-37(2,3)45-36(43)38(39-33(41)24-28-16-8-4-9-17-28)34(42)40-25-29(27-47(44)35(38)40)26-46(30-18-10-5-11-19-30,31-20-12-6-13-21-31)32-22-14-7-15-23-32/h4-23,25,35H,24,26-27H2,1-3H3/p+1/t35-,38?,47?/m0/s1. The second-order valence-corrected chi connectivity index (χ2v) is 17.9. The number of esters is 1. The summed E-state index contributed by atoms with van der Waals surface area (Å²) in [6.45, 7) is 5.09. The Hall–Kier alpha value is -4.39. The summed E-state index contributed by atoms with van der Waals surface area (Å²) in [7, 11) is -4.06. The maximum Gasteiger partial charge on any atom is 0.345 e. The van der Waals surface area contributed by atoms with Crippen molar-refractivity contribution in [2.75, 3.05) is 11.9 Å². The lowest BCUT2D eigenvalue weighted by Gasteiger charge is -2.54. The quantitative estimate of drug-likeness (QED) is 0.125. The molecule has 0 aliphatic carbocycles. The van der Waals surface area contributed by atoms with E-state index in [9.17, 15) is 18.6 Å². The van der Waals surface area contributed by atoms with Crippen molar-refractivity contribution in [1.82, 2.24) is 10.2 Å². The number of amides is 2. The third-order valence-corrected chi connectivity index (χ3v) is 14.5. The maximum atomic E-state index is 14.3. The molecule has 7 nitrogen and oxygen atoms in total. The molecule has 0 aromatic heterocycles. The molecular weight excluding hydrogens is 627 g/mol. The van der Waals surface area contributed by atoms with Gasteiger partial charge >= 0.3 is 5.97 Å². The Morgan fingerprint density at radius 2 is 1.30 bits per heavy atom. The summed E-state index contributed by atoms with van der Waals surface area (Å²) in [5.74, 6) is -1.93. The molecule has 2 heterocycles. The highest BCUT2D eigenvalue weighted by Gasteiger charge is 2.71. The first-order valence-corrected chi connectivity index (χ1v) is 18.9. The zero-order chi connectivity index (χ0) is 33.2. The molecule has 4 aromatic rings. The molecule has 0 bridgehead atoms. The molecule has 2 amide bonds.